The Bertz CT molecular complexity index is 387. The first-order valence-corrected chi connectivity index (χ1v) is 7.69. The van der Waals surface area contributed by atoms with Crippen LogP contribution in [0.15, 0.2) is 4.47 Å². The third kappa shape index (κ3) is 4.56. The SMILES string of the molecule is CCN(CC)CCC(Cc1c(Br)c(C)nn1C)NN. The van der Waals surface area contributed by atoms with Crippen LogP contribution in [-0.2, 0) is 13.5 Å². The Balaban J connectivity index is 2.61. The Morgan fingerprint density at radius 2 is 2.05 bits per heavy atom. The first-order chi connectivity index (χ1) is 9.03. The molecular weight excluding hydrogens is 306 g/mol. The highest BCUT2D eigenvalue weighted by atomic mass is 79.9. The molecular formula is C13H26BrN5. The predicted octanol–water partition coefficient (Wildman–Crippen LogP) is 1.60. The van der Waals surface area contributed by atoms with E-state index in [0.717, 1.165) is 42.6 Å². The number of nitrogens with two attached hydrogens (primary N) is 1. The predicted molar refractivity (Wildman–Crippen MR) is 82.9 cm³/mol. The minimum atomic E-state index is 0.270. The zero-order valence-electron chi connectivity index (χ0n) is 12.4. The van der Waals surface area contributed by atoms with Gasteiger partial charge in [0.1, 0.15) is 0 Å². The first-order valence-electron chi connectivity index (χ1n) is 6.89. The Hall–Kier alpha value is -0.430. The van der Waals surface area contributed by atoms with Gasteiger partial charge in [0.25, 0.3) is 0 Å². The number of hydrazine groups is 1. The van der Waals surface area contributed by atoms with Crippen molar-refractivity contribution in [2.24, 2.45) is 12.9 Å². The molecule has 1 aromatic rings. The molecule has 0 saturated carbocycles. The van der Waals surface area contributed by atoms with E-state index in [1.54, 1.807) is 0 Å². The highest BCUT2D eigenvalue weighted by molar-refractivity contribution is 9.10. The van der Waals surface area contributed by atoms with Crippen molar-refractivity contribution in [3.8, 4) is 0 Å². The van der Waals surface area contributed by atoms with E-state index in [-0.39, 0.29) is 6.04 Å². The van der Waals surface area contributed by atoms with Crippen molar-refractivity contribution in [3.05, 3.63) is 15.9 Å². The molecule has 1 rings (SSSR count). The summed E-state index contributed by atoms with van der Waals surface area (Å²) < 4.78 is 3.03. The van der Waals surface area contributed by atoms with Crippen LogP contribution in [0.1, 0.15) is 31.7 Å². The molecule has 0 aliphatic carbocycles. The molecule has 0 bridgehead atoms. The summed E-state index contributed by atoms with van der Waals surface area (Å²) in [5.74, 6) is 5.68. The van der Waals surface area contributed by atoms with Crippen LogP contribution in [0.2, 0.25) is 0 Å². The van der Waals surface area contributed by atoms with Gasteiger partial charge < -0.3 is 4.90 Å². The van der Waals surface area contributed by atoms with Crippen molar-refractivity contribution < 1.29 is 0 Å². The third-order valence-electron chi connectivity index (χ3n) is 3.63. The quantitative estimate of drug-likeness (QED) is 0.561. The minimum absolute atomic E-state index is 0.270. The zero-order valence-corrected chi connectivity index (χ0v) is 14.0. The Morgan fingerprint density at radius 3 is 2.47 bits per heavy atom. The van der Waals surface area contributed by atoms with Crippen molar-refractivity contribution in [3.63, 3.8) is 0 Å². The lowest BCUT2D eigenvalue weighted by Crippen LogP contribution is -2.40. The second-order valence-electron chi connectivity index (χ2n) is 4.85. The summed E-state index contributed by atoms with van der Waals surface area (Å²) in [6.45, 7) is 9.63. The number of hydrogen-bond donors (Lipinski definition) is 2. The molecule has 1 unspecified atom stereocenters. The Kier molecular flexibility index (Phi) is 6.99. The molecule has 0 aromatic carbocycles. The van der Waals surface area contributed by atoms with Gasteiger partial charge in [-0.2, -0.15) is 5.10 Å². The fourth-order valence-corrected chi connectivity index (χ4v) is 2.76. The van der Waals surface area contributed by atoms with E-state index in [1.165, 1.54) is 5.69 Å². The number of rotatable bonds is 8. The van der Waals surface area contributed by atoms with E-state index in [9.17, 15) is 0 Å². The number of aromatic nitrogens is 2. The number of nitrogens with zero attached hydrogens (tertiary/aromatic N) is 3. The molecule has 0 saturated heterocycles. The molecule has 1 heterocycles. The van der Waals surface area contributed by atoms with Crippen LogP contribution in [-0.4, -0.2) is 40.4 Å². The van der Waals surface area contributed by atoms with Gasteiger partial charge >= 0.3 is 0 Å². The maximum absolute atomic E-state index is 5.68. The molecule has 110 valence electrons. The largest absolute Gasteiger partial charge is 0.304 e. The van der Waals surface area contributed by atoms with Gasteiger partial charge in [0.05, 0.1) is 15.9 Å². The summed E-state index contributed by atoms with van der Waals surface area (Å²) in [5, 5.41) is 4.42. The standard InChI is InChI=1S/C13H26BrN5/c1-5-19(6-2)8-7-11(16-15)9-12-13(14)10(3)17-18(12)4/h11,16H,5-9,15H2,1-4H3. The van der Waals surface area contributed by atoms with Crippen LogP contribution in [0, 0.1) is 6.92 Å². The van der Waals surface area contributed by atoms with Crippen molar-refractivity contribution in [2.75, 3.05) is 19.6 Å². The summed E-state index contributed by atoms with van der Waals surface area (Å²) in [4.78, 5) is 2.41. The Labute approximate surface area is 124 Å². The summed E-state index contributed by atoms with van der Waals surface area (Å²) in [6, 6.07) is 0.270. The smallest absolute Gasteiger partial charge is 0.0738 e. The first kappa shape index (κ1) is 16.6. The monoisotopic (exact) mass is 331 g/mol. The fraction of sp³-hybridized carbons (Fsp3) is 0.769. The summed E-state index contributed by atoms with van der Waals surface area (Å²) in [7, 11) is 1.98. The van der Waals surface area contributed by atoms with E-state index < -0.39 is 0 Å². The maximum atomic E-state index is 5.68. The molecule has 0 aliphatic rings. The Morgan fingerprint density at radius 1 is 1.42 bits per heavy atom. The zero-order chi connectivity index (χ0) is 14.4. The molecule has 0 radical (unpaired) electrons. The van der Waals surface area contributed by atoms with E-state index in [2.05, 4.69) is 45.2 Å². The van der Waals surface area contributed by atoms with Gasteiger partial charge in [0.2, 0.25) is 0 Å². The topological polar surface area (TPSA) is 59.1 Å². The van der Waals surface area contributed by atoms with E-state index in [1.807, 2.05) is 18.7 Å². The van der Waals surface area contributed by atoms with Crippen LogP contribution < -0.4 is 11.3 Å². The lowest BCUT2D eigenvalue weighted by atomic mass is 10.1. The van der Waals surface area contributed by atoms with Gasteiger partial charge in [-0.3, -0.25) is 16.0 Å². The highest BCUT2D eigenvalue weighted by Crippen LogP contribution is 2.21. The minimum Gasteiger partial charge on any atom is -0.304 e. The van der Waals surface area contributed by atoms with Crippen molar-refractivity contribution in [2.45, 2.75) is 39.7 Å². The van der Waals surface area contributed by atoms with E-state index >= 15 is 0 Å². The number of halogens is 1. The van der Waals surface area contributed by atoms with Gasteiger partial charge in [-0.1, -0.05) is 13.8 Å². The fourth-order valence-electron chi connectivity index (χ4n) is 2.26. The van der Waals surface area contributed by atoms with Gasteiger partial charge in [0.15, 0.2) is 0 Å². The molecule has 6 heteroatoms. The van der Waals surface area contributed by atoms with Crippen LogP contribution in [0.3, 0.4) is 0 Å². The van der Waals surface area contributed by atoms with Crippen LogP contribution >= 0.6 is 15.9 Å². The van der Waals surface area contributed by atoms with Crippen LogP contribution in [0.25, 0.3) is 0 Å². The number of hydrogen-bond acceptors (Lipinski definition) is 4. The lowest BCUT2D eigenvalue weighted by molar-refractivity contribution is 0.280. The van der Waals surface area contributed by atoms with Gasteiger partial charge in [-0.25, -0.2) is 0 Å². The molecule has 0 spiro atoms. The van der Waals surface area contributed by atoms with Gasteiger partial charge in [-0.15, -0.1) is 0 Å². The maximum Gasteiger partial charge on any atom is 0.0738 e. The van der Waals surface area contributed by atoms with Crippen molar-refractivity contribution in [1.29, 1.82) is 0 Å². The molecule has 0 aliphatic heterocycles. The molecule has 1 aromatic heterocycles. The normalized spacial score (nSPS) is 13.2. The highest BCUT2D eigenvalue weighted by Gasteiger charge is 2.16. The average molecular weight is 332 g/mol. The second kappa shape index (κ2) is 7.99. The van der Waals surface area contributed by atoms with Crippen molar-refractivity contribution >= 4 is 15.9 Å². The molecule has 5 nitrogen and oxygen atoms in total. The summed E-state index contributed by atoms with van der Waals surface area (Å²) >= 11 is 3.60. The molecule has 0 amide bonds. The molecule has 3 N–H and O–H groups in total. The molecule has 19 heavy (non-hydrogen) atoms. The average Bonchev–Trinajstić information content (AvgIpc) is 2.64. The second-order valence-corrected chi connectivity index (χ2v) is 5.65. The molecule has 1 atom stereocenters. The van der Waals surface area contributed by atoms with E-state index in [0.29, 0.717) is 0 Å². The van der Waals surface area contributed by atoms with E-state index in [4.69, 9.17) is 5.84 Å². The van der Waals surface area contributed by atoms with Crippen LogP contribution in [0.4, 0.5) is 0 Å². The summed E-state index contributed by atoms with van der Waals surface area (Å²) in [6.07, 6.45) is 1.92. The van der Waals surface area contributed by atoms with Crippen LogP contribution in [0.5, 0.6) is 0 Å². The molecule has 0 fully saturated rings. The third-order valence-corrected chi connectivity index (χ3v) is 4.66. The number of nitrogens with one attached hydrogen (secondary N) is 1. The van der Waals surface area contributed by atoms with Crippen molar-refractivity contribution in [1.82, 2.24) is 20.1 Å². The van der Waals surface area contributed by atoms with Gasteiger partial charge in [-0.05, 0) is 48.9 Å². The van der Waals surface area contributed by atoms with Gasteiger partial charge in [0, 0.05) is 19.5 Å². The number of aryl methyl sites for hydroxylation is 2. The lowest BCUT2D eigenvalue weighted by Gasteiger charge is -2.22. The summed E-state index contributed by atoms with van der Waals surface area (Å²) in [5.41, 5.74) is 5.15.